The summed E-state index contributed by atoms with van der Waals surface area (Å²) in [7, 11) is -3.41. The molecule has 2 aromatic heterocycles. The van der Waals surface area contributed by atoms with Crippen molar-refractivity contribution in [3.8, 4) is 0 Å². The van der Waals surface area contributed by atoms with Crippen LogP contribution in [0.2, 0.25) is 0 Å². The first-order chi connectivity index (χ1) is 11.4. The van der Waals surface area contributed by atoms with Crippen molar-refractivity contribution >= 4 is 27.3 Å². The number of furan rings is 1. The lowest BCUT2D eigenvalue weighted by Gasteiger charge is -2.20. The van der Waals surface area contributed by atoms with Crippen molar-refractivity contribution in [2.24, 2.45) is 5.92 Å². The second kappa shape index (κ2) is 5.68. The minimum atomic E-state index is -3.41. The Morgan fingerprint density at radius 3 is 2.88 bits per heavy atom. The van der Waals surface area contributed by atoms with Crippen LogP contribution in [0.3, 0.4) is 0 Å². The molecule has 9 heteroatoms. The maximum Gasteiger partial charge on any atom is 0.257 e. The third kappa shape index (κ3) is 2.56. The smallest absolute Gasteiger partial charge is 0.257 e. The van der Waals surface area contributed by atoms with E-state index in [1.807, 2.05) is 12.3 Å². The van der Waals surface area contributed by atoms with E-state index in [0.717, 1.165) is 10.7 Å². The van der Waals surface area contributed by atoms with Gasteiger partial charge in [-0.15, -0.1) is 11.3 Å². The van der Waals surface area contributed by atoms with Gasteiger partial charge in [-0.25, -0.2) is 13.4 Å². The highest BCUT2D eigenvalue weighted by molar-refractivity contribution is 7.90. The summed E-state index contributed by atoms with van der Waals surface area (Å²) >= 11 is 1.52. The number of aromatic nitrogens is 1. The zero-order valence-corrected chi connectivity index (χ0v) is 14.7. The first kappa shape index (κ1) is 15.8. The lowest BCUT2D eigenvalue weighted by Crippen LogP contribution is -2.36. The number of aryl methyl sites for hydroxylation is 1. The van der Waals surface area contributed by atoms with Crippen molar-refractivity contribution in [1.82, 2.24) is 14.2 Å². The van der Waals surface area contributed by atoms with E-state index in [0.29, 0.717) is 25.2 Å². The quantitative estimate of drug-likeness (QED) is 0.817. The SMILES string of the molecule is Cc1nc(CN2C[C@@H]3CN(C(=O)c4ccoc4)C[C@@H]3S2(=O)=O)cs1. The van der Waals surface area contributed by atoms with Gasteiger partial charge in [0.25, 0.3) is 5.91 Å². The summed E-state index contributed by atoms with van der Waals surface area (Å²) in [6, 6.07) is 1.60. The lowest BCUT2D eigenvalue weighted by molar-refractivity contribution is 0.0784. The van der Waals surface area contributed by atoms with Gasteiger partial charge < -0.3 is 9.32 Å². The van der Waals surface area contributed by atoms with Crippen LogP contribution >= 0.6 is 11.3 Å². The number of sulfonamides is 1. The van der Waals surface area contributed by atoms with Crippen LogP contribution in [0.5, 0.6) is 0 Å². The van der Waals surface area contributed by atoms with Gasteiger partial charge in [-0.05, 0) is 13.0 Å². The molecular formula is C15H17N3O4S2. The van der Waals surface area contributed by atoms with Crippen molar-refractivity contribution in [3.63, 3.8) is 0 Å². The van der Waals surface area contributed by atoms with Gasteiger partial charge in [0.1, 0.15) is 6.26 Å². The van der Waals surface area contributed by atoms with Crippen molar-refractivity contribution in [3.05, 3.63) is 40.2 Å². The van der Waals surface area contributed by atoms with Crippen molar-refractivity contribution in [1.29, 1.82) is 0 Å². The molecule has 2 fully saturated rings. The standard InChI is InChI=1S/C15H17N3O4S2/c1-10-16-13(9-23-10)6-18-5-12-4-17(7-14(12)24(18,20)21)15(19)11-2-3-22-8-11/h2-3,8-9,12,14H,4-7H2,1H3/t12-,14-/m0/s1. The number of hydrogen-bond donors (Lipinski definition) is 0. The van der Waals surface area contributed by atoms with E-state index in [2.05, 4.69) is 4.98 Å². The summed E-state index contributed by atoms with van der Waals surface area (Å²) < 4.78 is 32.0. The van der Waals surface area contributed by atoms with Crippen molar-refractivity contribution in [2.75, 3.05) is 19.6 Å². The van der Waals surface area contributed by atoms with Crippen LogP contribution in [0.1, 0.15) is 21.1 Å². The maximum absolute atomic E-state index is 12.8. The molecule has 2 aliphatic heterocycles. The average Bonchev–Trinajstić information content (AvgIpc) is 3.28. The second-order valence-electron chi connectivity index (χ2n) is 6.22. The third-order valence-electron chi connectivity index (χ3n) is 4.62. The Bertz CT molecular complexity index is 859. The number of nitrogens with zero attached hydrogens (tertiary/aromatic N) is 3. The second-order valence-corrected chi connectivity index (χ2v) is 9.43. The van der Waals surface area contributed by atoms with Gasteiger partial charge >= 0.3 is 0 Å². The number of thiazole rings is 1. The summed E-state index contributed by atoms with van der Waals surface area (Å²) in [6.45, 7) is 3.36. The fraction of sp³-hybridized carbons (Fsp3) is 0.467. The summed E-state index contributed by atoms with van der Waals surface area (Å²) in [5.41, 5.74) is 1.24. The Labute approximate surface area is 143 Å². The van der Waals surface area contributed by atoms with E-state index in [-0.39, 0.29) is 18.4 Å². The van der Waals surface area contributed by atoms with Gasteiger partial charge in [-0.1, -0.05) is 0 Å². The number of hydrogen-bond acceptors (Lipinski definition) is 6. The largest absolute Gasteiger partial charge is 0.472 e. The molecule has 0 unspecified atom stereocenters. The highest BCUT2D eigenvalue weighted by Gasteiger charge is 2.52. The average molecular weight is 367 g/mol. The number of likely N-dealkylation sites (tertiary alicyclic amines) is 1. The minimum Gasteiger partial charge on any atom is -0.472 e. The van der Waals surface area contributed by atoms with Crippen molar-refractivity contribution in [2.45, 2.75) is 18.7 Å². The van der Waals surface area contributed by atoms with E-state index in [1.165, 1.54) is 28.2 Å². The monoisotopic (exact) mass is 367 g/mol. The van der Waals surface area contributed by atoms with Gasteiger partial charge in [0.15, 0.2) is 0 Å². The number of rotatable bonds is 3. The van der Waals surface area contributed by atoms with Crippen LogP contribution in [0, 0.1) is 12.8 Å². The predicted octanol–water partition coefficient (Wildman–Crippen LogP) is 1.33. The molecule has 24 heavy (non-hydrogen) atoms. The molecule has 2 saturated heterocycles. The molecule has 0 spiro atoms. The molecule has 7 nitrogen and oxygen atoms in total. The fourth-order valence-electron chi connectivity index (χ4n) is 3.46. The minimum absolute atomic E-state index is 0.0504. The first-order valence-corrected chi connectivity index (χ1v) is 10.0. The number of fused-ring (bicyclic) bond motifs is 1. The van der Waals surface area contributed by atoms with Crippen molar-refractivity contribution < 1.29 is 17.6 Å². The molecule has 0 aliphatic carbocycles. The molecule has 0 radical (unpaired) electrons. The predicted molar refractivity (Wildman–Crippen MR) is 88.1 cm³/mol. The van der Waals surface area contributed by atoms with Gasteiger partial charge in [0.05, 0.1) is 34.3 Å². The summed E-state index contributed by atoms with van der Waals surface area (Å²) in [6.07, 6.45) is 2.83. The van der Waals surface area contributed by atoms with Crippen LogP contribution in [0.25, 0.3) is 0 Å². The normalized spacial score (nSPS) is 26.0. The Morgan fingerprint density at radius 1 is 1.42 bits per heavy atom. The molecule has 2 aliphatic rings. The summed E-state index contributed by atoms with van der Waals surface area (Å²) in [5, 5.41) is 2.31. The first-order valence-electron chi connectivity index (χ1n) is 7.66. The molecule has 4 heterocycles. The van der Waals surface area contributed by atoms with E-state index < -0.39 is 15.3 Å². The highest BCUT2D eigenvalue weighted by atomic mass is 32.2. The van der Waals surface area contributed by atoms with Crippen LogP contribution < -0.4 is 0 Å². The van der Waals surface area contributed by atoms with Gasteiger partial charge in [-0.2, -0.15) is 4.31 Å². The number of carbonyl (C=O) groups excluding carboxylic acids is 1. The Morgan fingerprint density at radius 2 is 2.25 bits per heavy atom. The summed E-state index contributed by atoms with van der Waals surface area (Å²) in [5.74, 6) is -0.222. The van der Waals surface area contributed by atoms with Crippen LogP contribution in [0.4, 0.5) is 0 Å². The van der Waals surface area contributed by atoms with Gasteiger partial charge in [0.2, 0.25) is 10.0 Å². The molecule has 128 valence electrons. The maximum atomic E-state index is 12.8. The lowest BCUT2D eigenvalue weighted by atomic mass is 10.1. The molecule has 2 aromatic rings. The molecule has 2 atom stereocenters. The topological polar surface area (TPSA) is 83.7 Å². The fourth-order valence-corrected chi connectivity index (χ4v) is 6.19. The van der Waals surface area contributed by atoms with Crippen LogP contribution in [-0.2, 0) is 16.6 Å². The van der Waals surface area contributed by atoms with E-state index >= 15 is 0 Å². The molecule has 0 N–H and O–H groups in total. The molecule has 4 rings (SSSR count). The zero-order chi connectivity index (χ0) is 16.9. The zero-order valence-electron chi connectivity index (χ0n) is 13.1. The number of amides is 1. The Balaban J connectivity index is 1.49. The summed E-state index contributed by atoms with van der Waals surface area (Å²) in [4.78, 5) is 18.3. The Kier molecular flexibility index (Phi) is 3.74. The van der Waals surface area contributed by atoms with Crippen LogP contribution in [0.15, 0.2) is 28.4 Å². The van der Waals surface area contributed by atoms with E-state index in [9.17, 15) is 13.2 Å². The molecule has 0 saturated carbocycles. The van der Waals surface area contributed by atoms with E-state index in [1.54, 1.807) is 11.0 Å². The Hall–Kier alpha value is -1.71. The third-order valence-corrected chi connectivity index (χ3v) is 7.74. The molecule has 1 amide bonds. The number of carbonyl (C=O) groups is 1. The van der Waals surface area contributed by atoms with Crippen LogP contribution in [-0.4, -0.2) is 53.4 Å². The molecule has 0 aromatic carbocycles. The molecule has 0 bridgehead atoms. The van der Waals surface area contributed by atoms with Gasteiger partial charge in [0, 0.05) is 30.9 Å². The van der Waals surface area contributed by atoms with Gasteiger partial charge in [-0.3, -0.25) is 4.79 Å². The van der Waals surface area contributed by atoms with E-state index in [4.69, 9.17) is 4.42 Å². The molecular weight excluding hydrogens is 350 g/mol. The highest BCUT2D eigenvalue weighted by Crippen LogP contribution is 2.35.